The zero-order chi connectivity index (χ0) is 14.4. The minimum absolute atomic E-state index is 0.101. The molecule has 3 nitrogen and oxygen atoms in total. The molecule has 0 spiro atoms. The predicted octanol–water partition coefficient (Wildman–Crippen LogP) is 4.42. The molecule has 0 saturated carbocycles. The van der Waals surface area contributed by atoms with Crippen molar-refractivity contribution in [2.24, 2.45) is 0 Å². The molecule has 0 unspecified atom stereocenters. The van der Waals surface area contributed by atoms with E-state index in [9.17, 15) is 4.79 Å². The van der Waals surface area contributed by atoms with Gasteiger partial charge in [0.15, 0.2) is 0 Å². The van der Waals surface area contributed by atoms with Gasteiger partial charge in [-0.3, -0.25) is 0 Å². The summed E-state index contributed by atoms with van der Waals surface area (Å²) in [5.74, 6) is 0. The molecule has 2 heterocycles. The first-order chi connectivity index (χ1) is 9.63. The Balaban J connectivity index is 1.58. The Morgan fingerprint density at radius 2 is 1.35 bits per heavy atom. The largest absolute Gasteiger partial charge is 0.338 e. The van der Waals surface area contributed by atoms with Gasteiger partial charge in [-0.25, -0.2) is 4.79 Å². The van der Waals surface area contributed by atoms with Crippen LogP contribution in [0.1, 0.15) is 9.75 Å². The average molecular weight is 438 g/mol. The highest BCUT2D eigenvalue weighted by Crippen LogP contribution is 2.22. The van der Waals surface area contributed by atoms with Crippen molar-refractivity contribution in [2.45, 2.75) is 12.8 Å². The molecule has 0 fully saturated rings. The summed E-state index contributed by atoms with van der Waals surface area (Å²) in [6.45, 7) is 1.31. The highest BCUT2D eigenvalue weighted by Gasteiger charge is 2.02. The molecule has 0 aliphatic rings. The van der Waals surface area contributed by atoms with Crippen LogP contribution in [0, 0.1) is 0 Å². The van der Waals surface area contributed by atoms with Crippen LogP contribution in [-0.4, -0.2) is 19.1 Å². The lowest BCUT2D eigenvalue weighted by Crippen LogP contribution is -2.37. The zero-order valence-corrected chi connectivity index (χ0v) is 15.4. The van der Waals surface area contributed by atoms with Gasteiger partial charge in [0.25, 0.3) is 0 Å². The van der Waals surface area contributed by atoms with Crippen molar-refractivity contribution in [2.75, 3.05) is 13.1 Å². The van der Waals surface area contributed by atoms with Crippen LogP contribution in [0.25, 0.3) is 0 Å². The number of carbonyl (C=O) groups excluding carboxylic acids is 1. The van der Waals surface area contributed by atoms with E-state index >= 15 is 0 Å². The third-order valence-corrected chi connectivity index (χ3v) is 5.94. The van der Waals surface area contributed by atoms with Crippen LogP contribution in [0.5, 0.6) is 0 Å². The first-order valence-electron chi connectivity index (χ1n) is 6.13. The first-order valence-corrected chi connectivity index (χ1v) is 9.35. The summed E-state index contributed by atoms with van der Waals surface area (Å²) in [4.78, 5) is 14.1. The molecule has 2 amide bonds. The number of urea groups is 1. The minimum Gasteiger partial charge on any atom is -0.338 e. The zero-order valence-electron chi connectivity index (χ0n) is 10.6. The Kier molecular flexibility index (Phi) is 6.54. The third-order valence-electron chi connectivity index (χ3n) is 2.57. The molecule has 2 aromatic heterocycles. The number of rotatable bonds is 6. The Hall–Kier alpha value is -0.370. The molecule has 7 heteroatoms. The number of thiophene rings is 2. The lowest BCUT2D eigenvalue weighted by atomic mass is 10.3. The molecule has 0 bridgehead atoms. The van der Waals surface area contributed by atoms with Crippen LogP contribution in [0.2, 0.25) is 0 Å². The first kappa shape index (κ1) is 16.0. The van der Waals surface area contributed by atoms with Crippen LogP contribution in [0.3, 0.4) is 0 Å². The van der Waals surface area contributed by atoms with Crippen molar-refractivity contribution in [3.05, 3.63) is 41.6 Å². The Labute approximate surface area is 143 Å². The average Bonchev–Trinajstić information content (AvgIpc) is 2.99. The summed E-state index contributed by atoms with van der Waals surface area (Å²) in [6.07, 6.45) is 1.73. The number of carbonyl (C=O) groups is 1. The van der Waals surface area contributed by atoms with E-state index in [1.54, 1.807) is 22.7 Å². The van der Waals surface area contributed by atoms with Crippen molar-refractivity contribution in [3.63, 3.8) is 0 Å². The van der Waals surface area contributed by atoms with E-state index in [0.29, 0.717) is 13.1 Å². The molecule has 108 valence electrons. The van der Waals surface area contributed by atoms with E-state index in [2.05, 4.69) is 54.6 Å². The minimum atomic E-state index is -0.101. The number of halogens is 2. The van der Waals surface area contributed by atoms with Gasteiger partial charge in [0.2, 0.25) is 0 Å². The Bertz CT molecular complexity index is 520. The summed E-state index contributed by atoms with van der Waals surface area (Å²) >= 11 is 10.3. The number of amides is 2. The molecule has 0 atom stereocenters. The number of hydrogen-bond donors (Lipinski definition) is 2. The van der Waals surface area contributed by atoms with Gasteiger partial charge in [-0.15, -0.1) is 22.7 Å². The maximum Gasteiger partial charge on any atom is 0.314 e. The molecule has 0 aromatic carbocycles. The highest BCUT2D eigenvalue weighted by molar-refractivity contribution is 9.11. The molecule has 2 rings (SSSR count). The molecule has 20 heavy (non-hydrogen) atoms. The van der Waals surface area contributed by atoms with Gasteiger partial charge in [-0.2, -0.15) is 0 Å². The van der Waals surface area contributed by atoms with Gasteiger partial charge in [-0.1, -0.05) is 0 Å². The second-order valence-corrected chi connectivity index (χ2v) is 9.19. The summed E-state index contributed by atoms with van der Waals surface area (Å²) in [5.41, 5.74) is 0. The van der Waals surface area contributed by atoms with E-state index in [0.717, 1.165) is 20.4 Å². The molecule has 0 radical (unpaired) electrons. The monoisotopic (exact) mass is 436 g/mol. The van der Waals surface area contributed by atoms with Crippen molar-refractivity contribution in [1.29, 1.82) is 0 Å². The maximum atomic E-state index is 11.6. The van der Waals surface area contributed by atoms with E-state index in [1.807, 2.05) is 12.1 Å². The second-order valence-electron chi connectivity index (χ2n) is 4.09. The summed E-state index contributed by atoms with van der Waals surface area (Å²) in [6, 6.07) is 8.10. The lowest BCUT2D eigenvalue weighted by Gasteiger charge is -2.06. The SMILES string of the molecule is O=C(NCCc1ccc(Br)s1)NCCc1ccc(Br)s1. The van der Waals surface area contributed by atoms with Crippen LogP contribution in [0.15, 0.2) is 31.8 Å². The summed E-state index contributed by atoms with van der Waals surface area (Å²) in [7, 11) is 0. The standard InChI is InChI=1S/C13H14Br2N2OS2/c14-11-3-1-9(19-11)5-7-16-13(18)17-8-6-10-2-4-12(15)20-10/h1-4H,5-8H2,(H2,16,17,18). The van der Waals surface area contributed by atoms with E-state index in [4.69, 9.17) is 0 Å². The molecule has 0 saturated heterocycles. The van der Waals surface area contributed by atoms with E-state index in [1.165, 1.54) is 9.75 Å². The van der Waals surface area contributed by atoms with Crippen LogP contribution in [0.4, 0.5) is 4.79 Å². The van der Waals surface area contributed by atoms with Gasteiger partial charge in [0.1, 0.15) is 0 Å². The van der Waals surface area contributed by atoms with Crippen molar-refractivity contribution in [3.8, 4) is 0 Å². The Morgan fingerprint density at radius 3 is 1.70 bits per heavy atom. The van der Waals surface area contributed by atoms with Crippen molar-refractivity contribution >= 4 is 60.6 Å². The maximum absolute atomic E-state index is 11.6. The number of hydrogen-bond acceptors (Lipinski definition) is 3. The highest BCUT2D eigenvalue weighted by atomic mass is 79.9. The molecular weight excluding hydrogens is 424 g/mol. The van der Waals surface area contributed by atoms with Crippen molar-refractivity contribution < 1.29 is 4.79 Å². The summed E-state index contributed by atoms with van der Waals surface area (Å²) in [5, 5.41) is 5.73. The van der Waals surface area contributed by atoms with Gasteiger partial charge in [0.05, 0.1) is 7.57 Å². The molecule has 0 aliphatic carbocycles. The predicted molar refractivity (Wildman–Crippen MR) is 92.8 cm³/mol. The van der Waals surface area contributed by atoms with Gasteiger partial charge >= 0.3 is 6.03 Å². The normalized spacial score (nSPS) is 10.5. The molecule has 2 aromatic rings. The molecule has 2 N–H and O–H groups in total. The van der Waals surface area contributed by atoms with Crippen LogP contribution >= 0.6 is 54.5 Å². The fourth-order valence-corrected chi connectivity index (χ4v) is 4.60. The molecule has 0 aliphatic heterocycles. The van der Waals surface area contributed by atoms with E-state index < -0.39 is 0 Å². The van der Waals surface area contributed by atoms with Gasteiger partial charge in [0, 0.05) is 22.8 Å². The quantitative estimate of drug-likeness (QED) is 0.689. The number of nitrogens with one attached hydrogen (secondary N) is 2. The van der Waals surface area contributed by atoms with Gasteiger partial charge in [-0.05, 0) is 69.0 Å². The lowest BCUT2D eigenvalue weighted by molar-refractivity contribution is 0.241. The fraction of sp³-hybridized carbons (Fsp3) is 0.308. The van der Waals surface area contributed by atoms with E-state index in [-0.39, 0.29) is 6.03 Å². The van der Waals surface area contributed by atoms with Gasteiger partial charge < -0.3 is 10.6 Å². The fourth-order valence-electron chi connectivity index (χ4n) is 1.63. The second kappa shape index (κ2) is 8.17. The molecular formula is C13H14Br2N2OS2. The smallest absolute Gasteiger partial charge is 0.314 e. The van der Waals surface area contributed by atoms with Crippen LogP contribution in [-0.2, 0) is 12.8 Å². The topological polar surface area (TPSA) is 41.1 Å². The van der Waals surface area contributed by atoms with Crippen LogP contribution < -0.4 is 10.6 Å². The Morgan fingerprint density at radius 1 is 0.900 bits per heavy atom. The van der Waals surface area contributed by atoms with Crippen molar-refractivity contribution in [1.82, 2.24) is 10.6 Å². The third kappa shape index (κ3) is 5.55. The summed E-state index contributed by atoms with van der Waals surface area (Å²) < 4.78 is 2.25.